The molecule has 0 aliphatic heterocycles. The second kappa shape index (κ2) is 4.41. The Hall–Kier alpha value is -3.22. The van der Waals surface area contributed by atoms with Crippen molar-refractivity contribution in [1.29, 1.82) is 0 Å². The fourth-order valence-electron chi connectivity index (χ4n) is 2.09. The smallest absolute Gasteiger partial charge is 0.248 e. The maximum absolute atomic E-state index is 11.4. The van der Waals surface area contributed by atoms with Gasteiger partial charge in [-0.15, -0.1) is 0 Å². The van der Waals surface area contributed by atoms with Crippen LogP contribution >= 0.6 is 0 Å². The van der Waals surface area contributed by atoms with Crippen LogP contribution < -0.4 is 4.90 Å². The minimum atomic E-state index is 0.389. The summed E-state index contributed by atoms with van der Waals surface area (Å²) >= 11 is 0. The summed E-state index contributed by atoms with van der Waals surface area (Å²) in [6.07, 6.45) is 3.80. The first-order valence-electron chi connectivity index (χ1n) is 6.19. The van der Waals surface area contributed by atoms with Gasteiger partial charge in [0.05, 0.1) is 0 Å². The summed E-state index contributed by atoms with van der Waals surface area (Å²) in [6.45, 7) is 0. The SMILES string of the molecule is [O-][n+]1onc2ccc(/C=C/c3ccc4nonc4c3)cc21. The highest BCUT2D eigenvalue weighted by atomic mass is 16.8. The lowest BCUT2D eigenvalue weighted by atomic mass is 10.1. The zero-order chi connectivity index (χ0) is 14.2. The van der Waals surface area contributed by atoms with Crippen LogP contribution in [0, 0.1) is 5.21 Å². The minimum absolute atomic E-state index is 0.389. The van der Waals surface area contributed by atoms with Gasteiger partial charge in [0.1, 0.15) is 11.0 Å². The number of hydrogen-bond acceptors (Lipinski definition) is 6. The average Bonchev–Trinajstić information content (AvgIpc) is 3.11. The number of aromatic nitrogens is 4. The fourth-order valence-corrected chi connectivity index (χ4v) is 2.09. The van der Waals surface area contributed by atoms with Gasteiger partial charge in [0.2, 0.25) is 11.0 Å². The molecule has 2 aromatic carbocycles. The van der Waals surface area contributed by atoms with Crippen molar-refractivity contribution in [1.82, 2.24) is 15.5 Å². The highest BCUT2D eigenvalue weighted by molar-refractivity contribution is 5.81. The van der Waals surface area contributed by atoms with Crippen LogP contribution in [0.4, 0.5) is 0 Å². The van der Waals surface area contributed by atoms with Crippen molar-refractivity contribution < 1.29 is 14.2 Å². The normalized spacial score (nSPS) is 11.8. The van der Waals surface area contributed by atoms with E-state index in [1.165, 1.54) is 0 Å². The Morgan fingerprint density at radius 3 is 2.43 bits per heavy atom. The van der Waals surface area contributed by atoms with Gasteiger partial charge in [-0.2, -0.15) is 0 Å². The van der Waals surface area contributed by atoms with Crippen molar-refractivity contribution >= 4 is 34.2 Å². The van der Waals surface area contributed by atoms with Gasteiger partial charge in [-0.1, -0.05) is 24.3 Å². The first-order valence-corrected chi connectivity index (χ1v) is 6.19. The van der Waals surface area contributed by atoms with Crippen molar-refractivity contribution in [3.8, 4) is 0 Å². The largest absolute Gasteiger partial charge is 0.359 e. The molecule has 0 radical (unpaired) electrons. The van der Waals surface area contributed by atoms with E-state index in [-0.39, 0.29) is 0 Å². The maximum atomic E-state index is 11.4. The molecule has 0 bridgehead atoms. The summed E-state index contributed by atoms with van der Waals surface area (Å²) in [7, 11) is 0. The van der Waals surface area contributed by atoms with E-state index >= 15 is 0 Å². The summed E-state index contributed by atoms with van der Waals surface area (Å²) in [5.41, 5.74) is 4.16. The van der Waals surface area contributed by atoms with E-state index in [0.717, 1.165) is 11.1 Å². The molecule has 0 saturated heterocycles. The molecule has 102 valence electrons. The highest BCUT2D eigenvalue weighted by Crippen LogP contribution is 2.16. The molecule has 0 aliphatic carbocycles. The quantitative estimate of drug-likeness (QED) is 0.412. The van der Waals surface area contributed by atoms with Crippen molar-refractivity contribution in [2.75, 3.05) is 0 Å². The predicted molar refractivity (Wildman–Crippen MR) is 73.7 cm³/mol. The molecule has 0 fully saturated rings. The summed E-state index contributed by atoms with van der Waals surface area (Å²) < 4.78 is 9.19. The number of benzene rings is 2. The molecule has 7 nitrogen and oxygen atoms in total. The monoisotopic (exact) mass is 280 g/mol. The van der Waals surface area contributed by atoms with Gasteiger partial charge < -0.3 is 5.21 Å². The van der Waals surface area contributed by atoms with E-state index in [2.05, 4.69) is 24.7 Å². The third-order valence-corrected chi connectivity index (χ3v) is 3.16. The summed E-state index contributed by atoms with van der Waals surface area (Å²) in [6, 6.07) is 10.9. The molecule has 0 amide bonds. The van der Waals surface area contributed by atoms with Crippen molar-refractivity contribution in [3.05, 3.63) is 52.7 Å². The zero-order valence-corrected chi connectivity index (χ0v) is 10.6. The van der Waals surface area contributed by atoms with Crippen LogP contribution in [0.15, 0.2) is 45.7 Å². The molecule has 21 heavy (non-hydrogen) atoms. The van der Waals surface area contributed by atoms with E-state index in [1.807, 2.05) is 36.4 Å². The molecule has 4 rings (SSSR count). The van der Waals surface area contributed by atoms with Gasteiger partial charge in [-0.3, -0.25) is 4.63 Å². The third-order valence-electron chi connectivity index (χ3n) is 3.16. The van der Waals surface area contributed by atoms with Crippen LogP contribution in [0.5, 0.6) is 0 Å². The summed E-state index contributed by atoms with van der Waals surface area (Å²) in [5, 5.41) is 22.5. The number of rotatable bonds is 2. The van der Waals surface area contributed by atoms with Gasteiger partial charge in [0.15, 0.2) is 0 Å². The van der Waals surface area contributed by atoms with Crippen molar-refractivity contribution in [2.24, 2.45) is 0 Å². The molecule has 2 aromatic heterocycles. The first kappa shape index (κ1) is 11.6. The zero-order valence-electron chi connectivity index (χ0n) is 10.6. The van der Waals surface area contributed by atoms with E-state index in [4.69, 9.17) is 0 Å². The lowest BCUT2D eigenvalue weighted by Crippen LogP contribution is -2.22. The number of hydrogen-bond donors (Lipinski definition) is 0. The first-order chi connectivity index (χ1) is 10.3. The average molecular weight is 280 g/mol. The Labute approximate surface area is 117 Å². The Bertz CT molecular complexity index is 971. The van der Waals surface area contributed by atoms with Gasteiger partial charge >= 0.3 is 0 Å². The second-order valence-corrected chi connectivity index (χ2v) is 4.52. The number of fused-ring (bicyclic) bond motifs is 2. The van der Waals surface area contributed by atoms with Crippen LogP contribution in [0.2, 0.25) is 0 Å². The molecule has 2 heterocycles. The van der Waals surface area contributed by atoms with E-state index in [1.54, 1.807) is 12.1 Å². The fraction of sp³-hybridized carbons (Fsp3) is 0. The molecule has 0 N–H and O–H groups in total. The molecule has 7 heteroatoms. The van der Waals surface area contributed by atoms with E-state index in [0.29, 0.717) is 27.0 Å². The second-order valence-electron chi connectivity index (χ2n) is 4.52. The minimum Gasteiger partial charge on any atom is -0.359 e. The molecule has 0 spiro atoms. The molecule has 4 aromatic rings. The van der Waals surface area contributed by atoms with Crippen LogP contribution in [0.1, 0.15) is 11.1 Å². The van der Waals surface area contributed by atoms with Crippen molar-refractivity contribution in [3.63, 3.8) is 0 Å². The lowest BCUT2D eigenvalue weighted by molar-refractivity contribution is -0.782. The van der Waals surface area contributed by atoms with Crippen LogP contribution in [-0.4, -0.2) is 15.5 Å². The van der Waals surface area contributed by atoms with Gasteiger partial charge in [0, 0.05) is 11.2 Å². The van der Waals surface area contributed by atoms with E-state index < -0.39 is 0 Å². The Balaban J connectivity index is 1.70. The van der Waals surface area contributed by atoms with Crippen LogP contribution in [0.3, 0.4) is 0 Å². The predicted octanol–water partition coefficient (Wildman–Crippen LogP) is 2.17. The van der Waals surface area contributed by atoms with Crippen LogP contribution in [0.25, 0.3) is 34.2 Å². The summed E-state index contributed by atoms with van der Waals surface area (Å²) in [4.78, 5) is 0.389. The Kier molecular flexibility index (Phi) is 2.43. The standard InChI is InChI=1S/C14H8N4O3/c19-18-14-8-10(4-6-12(14)17-21-18)2-1-9-3-5-11-13(7-9)16-20-15-11/h1-8H/b2-1+. The topological polar surface area (TPSA) is 91.9 Å². The molecular weight excluding hydrogens is 272 g/mol. The third kappa shape index (κ3) is 2.00. The molecular formula is C14H8N4O3. The van der Waals surface area contributed by atoms with Crippen molar-refractivity contribution in [2.45, 2.75) is 0 Å². The van der Waals surface area contributed by atoms with Gasteiger partial charge in [0.25, 0.3) is 0 Å². The van der Waals surface area contributed by atoms with Crippen LogP contribution in [-0.2, 0) is 0 Å². The van der Waals surface area contributed by atoms with Gasteiger partial charge in [-0.25, -0.2) is 4.63 Å². The Morgan fingerprint density at radius 1 is 0.857 bits per heavy atom. The highest BCUT2D eigenvalue weighted by Gasteiger charge is 2.08. The lowest BCUT2D eigenvalue weighted by Gasteiger charge is -1.94. The molecule has 0 atom stereocenters. The number of nitrogens with zero attached hydrogens (tertiary/aromatic N) is 4. The van der Waals surface area contributed by atoms with Gasteiger partial charge in [-0.05, 0) is 44.5 Å². The molecule has 0 saturated carbocycles. The Morgan fingerprint density at radius 2 is 1.57 bits per heavy atom. The van der Waals surface area contributed by atoms with E-state index in [9.17, 15) is 5.21 Å². The molecule has 0 unspecified atom stereocenters. The maximum Gasteiger partial charge on any atom is 0.248 e. The summed E-state index contributed by atoms with van der Waals surface area (Å²) in [5.74, 6) is 0. The molecule has 0 aliphatic rings.